The molecule has 0 aromatic carbocycles. The number of piperidine rings is 1. The minimum atomic E-state index is -4.01. The highest BCUT2D eigenvalue weighted by atomic mass is 19.4. The summed E-state index contributed by atoms with van der Waals surface area (Å²) in [5, 5.41) is 3.38. The minimum Gasteiger partial charge on any atom is -0.315 e. The first-order valence-corrected chi connectivity index (χ1v) is 7.04. The van der Waals surface area contributed by atoms with Crippen molar-refractivity contribution in [1.29, 1.82) is 0 Å². The quantitative estimate of drug-likeness (QED) is 0.712. The van der Waals surface area contributed by atoms with E-state index in [1.54, 1.807) is 0 Å². The molecule has 0 bridgehead atoms. The van der Waals surface area contributed by atoms with Crippen molar-refractivity contribution in [1.82, 2.24) is 10.2 Å². The third kappa shape index (κ3) is 6.59. The maximum absolute atomic E-state index is 12.1. The number of alkyl halides is 3. The van der Waals surface area contributed by atoms with E-state index in [0.717, 1.165) is 38.9 Å². The molecule has 0 amide bonds. The van der Waals surface area contributed by atoms with Gasteiger partial charge in [-0.25, -0.2) is 0 Å². The summed E-state index contributed by atoms with van der Waals surface area (Å²) in [5.41, 5.74) is 0. The van der Waals surface area contributed by atoms with Crippen molar-refractivity contribution < 1.29 is 13.2 Å². The van der Waals surface area contributed by atoms with Crippen molar-refractivity contribution in [2.75, 3.05) is 26.2 Å². The highest BCUT2D eigenvalue weighted by Gasteiger charge is 2.28. The number of nitrogens with one attached hydrogen (secondary N) is 1. The largest absolute Gasteiger partial charge is 0.389 e. The first kappa shape index (κ1) is 15.8. The highest BCUT2D eigenvalue weighted by molar-refractivity contribution is 4.78. The number of halogens is 3. The van der Waals surface area contributed by atoms with E-state index in [-0.39, 0.29) is 6.42 Å². The van der Waals surface area contributed by atoms with Gasteiger partial charge in [0, 0.05) is 19.0 Å². The molecular formula is C13H25F3N2. The molecule has 1 rings (SSSR count). The van der Waals surface area contributed by atoms with Gasteiger partial charge in [-0.2, -0.15) is 13.2 Å². The van der Waals surface area contributed by atoms with E-state index in [9.17, 15) is 13.2 Å². The fourth-order valence-corrected chi connectivity index (χ4v) is 2.51. The molecule has 108 valence electrons. The zero-order valence-electron chi connectivity index (χ0n) is 11.2. The van der Waals surface area contributed by atoms with Gasteiger partial charge in [0.2, 0.25) is 0 Å². The molecule has 1 fully saturated rings. The summed E-state index contributed by atoms with van der Waals surface area (Å²) in [7, 11) is 0. The van der Waals surface area contributed by atoms with Gasteiger partial charge >= 0.3 is 6.18 Å². The SMILES string of the molecule is CCCNCC1CCCCN1CCCC(F)(F)F. The van der Waals surface area contributed by atoms with Gasteiger partial charge in [0.15, 0.2) is 0 Å². The molecule has 0 spiro atoms. The van der Waals surface area contributed by atoms with Crippen molar-refractivity contribution >= 4 is 0 Å². The van der Waals surface area contributed by atoms with Gasteiger partial charge in [0.05, 0.1) is 0 Å². The number of likely N-dealkylation sites (tertiary alicyclic amines) is 1. The molecule has 0 aliphatic carbocycles. The molecule has 0 aromatic heterocycles. The molecule has 2 nitrogen and oxygen atoms in total. The Balaban J connectivity index is 2.26. The van der Waals surface area contributed by atoms with Crippen LogP contribution in [-0.2, 0) is 0 Å². The maximum Gasteiger partial charge on any atom is 0.389 e. The highest BCUT2D eigenvalue weighted by Crippen LogP contribution is 2.23. The van der Waals surface area contributed by atoms with Crippen LogP contribution < -0.4 is 5.32 Å². The van der Waals surface area contributed by atoms with Crippen LogP contribution in [0.1, 0.15) is 45.4 Å². The Hall–Kier alpha value is -0.290. The molecule has 0 saturated carbocycles. The van der Waals surface area contributed by atoms with Crippen molar-refractivity contribution in [2.45, 2.75) is 57.7 Å². The summed E-state index contributed by atoms with van der Waals surface area (Å²) >= 11 is 0. The second kappa shape index (κ2) is 8.00. The first-order valence-electron chi connectivity index (χ1n) is 7.04. The lowest BCUT2D eigenvalue weighted by Crippen LogP contribution is -2.46. The predicted octanol–water partition coefficient (Wildman–Crippen LogP) is 3.18. The van der Waals surface area contributed by atoms with Crippen LogP contribution in [-0.4, -0.2) is 43.3 Å². The zero-order chi connectivity index (χ0) is 13.4. The Morgan fingerprint density at radius 1 is 1.28 bits per heavy atom. The van der Waals surface area contributed by atoms with E-state index >= 15 is 0 Å². The third-order valence-corrected chi connectivity index (χ3v) is 3.46. The van der Waals surface area contributed by atoms with Crippen molar-refractivity contribution in [3.8, 4) is 0 Å². The molecule has 18 heavy (non-hydrogen) atoms. The standard InChI is InChI=1S/C13H25F3N2/c1-2-8-17-11-12-6-3-4-9-18(12)10-5-7-13(14,15)16/h12,17H,2-11H2,1H3. The zero-order valence-corrected chi connectivity index (χ0v) is 11.2. The van der Waals surface area contributed by atoms with E-state index in [1.807, 2.05) is 0 Å². The summed E-state index contributed by atoms with van der Waals surface area (Å²) in [6, 6.07) is 0.429. The summed E-state index contributed by atoms with van der Waals surface area (Å²) < 4.78 is 36.4. The lowest BCUT2D eigenvalue weighted by Gasteiger charge is -2.36. The molecule has 1 N–H and O–H groups in total. The average Bonchev–Trinajstić information content (AvgIpc) is 2.30. The van der Waals surface area contributed by atoms with Crippen LogP contribution in [0.4, 0.5) is 13.2 Å². The Morgan fingerprint density at radius 2 is 2.06 bits per heavy atom. The van der Waals surface area contributed by atoms with Crippen LogP contribution in [0.25, 0.3) is 0 Å². The minimum absolute atomic E-state index is 0.230. The number of nitrogens with zero attached hydrogens (tertiary/aromatic N) is 1. The van der Waals surface area contributed by atoms with E-state index in [4.69, 9.17) is 0 Å². The summed E-state index contributed by atoms with van der Waals surface area (Å²) in [6.07, 6.45) is 0.103. The Morgan fingerprint density at radius 3 is 2.72 bits per heavy atom. The predicted molar refractivity (Wildman–Crippen MR) is 67.7 cm³/mol. The monoisotopic (exact) mass is 266 g/mol. The van der Waals surface area contributed by atoms with Crippen molar-refractivity contribution in [3.05, 3.63) is 0 Å². The fraction of sp³-hybridized carbons (Fsp3) is 1.00. The topological polar surface area (TPSA) is 15.3 Å². The van der Waals surface area contributed by atoms with Gasteiger partial charge in [-0.15, -0.1) is 0 Å². The van der Waals surface area contributed by atoms with Crippen LogP contribution in [0.2, 0.25) is 0 Å². The normalized spacial score (nSPS) is 22.3. The maximum atomic E-state index is 12.1. The number of rotatable bonds is 7. The Labute approximate surface area is 108 Å². The molecule has 1 aliphatic heterocycles. The second-order valence-electron chi connectivity index (χ2n) is 5.11. The summed E-state index contributed by atoms with van der Waals surface area (Å²) in [5.74, 6) is 0. The molecule has 1 saturated heterocycles. The van der Waals surface area contributed by atoms with Crippen LogP contribution >= 0.6 is 0 Å². The van der Waals surface area contributed by atoms with E-state index in [2.05, 4.69) is 17.1 Å². The van der Waals surface area contributed by atoms with Crippen molar-refractivity contribution in [2.24, 2.45) is 0 Å². The second-order valence-corrected chi connectivity index (χ2v) is 5.11. The van der Waals surface area contributed by atoms with E-state index in [1.165, 1.54) is 6.42 Å². The van der Waals surface area contributed by atoms with Gasteiger partial charge in [0.1, 0.15) is 0 Å². The van der Waals surface area contributed by atoms with Crippen LogP contribution in [0.15, 0.2) is 0 Å². The van der Waals surface area contributed by atoms with Crippen LogP contribution in [0.5, 0.6) is 0 Å². The molecule has 5 heteroatoms. The first-order chi connectivity index (χ1) is 8.53. The van der Waals surface area contributed by atoms with Crippen LogP contribution in [0, 0.1) is 0 Å². The average molecular weight is 266 g/mol. The van der Waals surface area contributed by atoms with Gasteiger partial charge in [0.25, 0.3) is 0 Å². The van der Waals surface area contributed by atoms with E-state index < -0.39 is 12.6 Å². The molecule has 1 heterocycles. The van der Waals surface area contributed by atoms with Gasteiger partial charge < -0.3 is 5.32 Å². The van der Waals surface area contributed by atoms with Crippen molar-refractivity contribution in [3.63, 3.8) is 0 Å². The Bertz CT molecular complexity index is 219. The third-order valence-electron chi connectivity index (χ3n) is 3.46. The van der Waals surface area contributed by atoms with Gasteiger partial charge in [-0.05, 0) is 45.3 Å². The fourth-order valence-electron chi connectivity index (χ4n) is 2.51. The van der Waals surface area contributed by atoms with Gasteiger partial charge in [-0.3, -0.25) is 4.90 Å². The van der Waals surface area contributed by atoms with E-state index in [0.29, 0.717) is 12.6 Å². The lowest BCUT2D eigenvalue weighted by atomic mass is 10.0. The summed E-state index contributed by atoms with van der Waals surface area (Å²) in [6.45, 7) is 5.57. The molecule has 0 radical (unpaired) electrons. The smallest absolute Gasteiger partial charge is 0.315 e. The Kier molecular flexibility index (Phi) is 7.00. The number of hydrogen-bond acceptors (Lipinski definition) is 2. The molecular weight excluding hydrogens is 241 g/mol. The van der Waals surface area contributed by atoms with Crippen LogP contribution in [0.3, 0.4) is 0 Å². The molecule has 0 aromatic rings. The molecule has 1 atom stereocenters. The summed E-state index contributed by atoms with van der Waals surface area (Å²) in [4.78, 5) is 2.23. The lowest BCUT2D eigenvalue weighted by molar-refractivity contribution is -0.136. The number of hydrogen-bond donors (Lipinski definition) is 1. The van der Waals surface area contributed by atoms with Gasteiger partial charge in [-0.1, -0.05) is 13.3 Å². The molecule has 1 aliphatic rings. The molecule has 1 unspecified atom stereocenters.